The summed E-state index contributed by atoms with van der Waals surface area (Å²) in [5.41, 5.74) is 2.70. The Balaban J connectivity index is 1.82. The summed E-state index contributed by atoms with van der Waals surface area (Å²) in [5.74, 6) is 0. The van der Waals surface area contributed by atoms with Crippen LogP contribution < -0.4 is 5.32 Å². The summed E-state index contributed by atoms with van der Waals surface area (Å²) in [6.07, 6.45) is 7.18. The van der Waals surface area contributed by atoms with Crippen molar-refractivity contribution in [1.82, 2.24) is 10.2 Å². The Labute approximate surface area is 108 Å². The van der Waals surface area contributed by atoms with E-state index in [0.29, 0.717) is 11.5 Å². The van der Waals surface area contributed by atoms with Crippen molar-refractivity contribution in [2.45, 2.75) is 45.6 Å². The molecule has 0 aliphatic heterocycles. The van der Waals surface area contributed by atoms with Gasteiger partial charge in [-0.1, -0.05) is 26.7 Å². The molecule has 18 heavy (non-hydrogen) atoms. The molecule has 1 aliphatic rings. The molecule has 96 valence electrons. The SMILES string of the molecule is CC1(C)CCCCC1Nc1ccc2[nH]ncc2c1. The molecule has 1 fully saturated rings. The van der Waals surface area contributed by atoms with Crippen LogP contribution in [0.2, 0.25) is 0 Å². The summed E-state index contributed by atoms with van der Waals surface area (Å²) in [4.78, 5) is 0. The number of nitrogens with one attached hydrogen (secondary N) is 2. The summed E-state index contributed by atoms with van der Waals surface area (Å²) in [5, 5.41) is 11.9. The standard InChI is InChI=1S/C15H21N3/c1-15(2)8-4-3-5-14(15)17-12-6-7-13-11(9-12)10-16-18-13/h6-7,9-10,14,17H,3-5,8H2,1-2H3,(H,16,18). The maximum atomic E-state index is 4.07. The van der Waals surface area contributed by atoms with Crippen LogP contribution in [-0.4, -0.2) is 16.2 Å². The van der Waals surface area contributed by atoms with E-state index in [0.717, 1.165) is 5.52 Å². The average molecular weight is 243 g/mol. The first-order valence-corrected chi connectivity index (χ1v) is 6.85. The predicted molar refractivity (Wildman–Crippen MR) is 75.8 cm³/mol. The van der Waals surface area contributed by atoms with Gasteiger partial charge in [0.2, 0.25) is 0 Å². The van der Waals surface area contributed by atoms with E-state index in [1.807, 2.05) is 6.20 Å². The van der Waals surface area contributed by atoms with Gasteiger partial charge >= 0.3 is 0 Å². The van der Waals surface area contributed by atoms with Crippen LogP contribution >= 0.6 is 0 Å². The third-order valence-electron chi connectivity index (χ3n) is 4.29. The van der Waals surface area contributed by atoms with Crippen LogP contribution in [0.3, 0.4) is 0 Å². The lowest BCUT2D eigenvalue weighted by Crippen LogP contribution is -2.38. The van der Waals surface area contributed by atoms with Gasteiger partial charge in [0.15, 0.2) is 0 Å². The molecule has 1 heterocycles. The summed E-state index contributed by atoms with van der Waals surface area (Å²) >= 11 is 0. The average Bonchev–Trinajstić information content (AvgIpc) is 2.79. The van der Waals surface area contributed by atoms with Gasteiger partial charge in [-0.3, -0.25) is 5.10 Å². The van der Waals surface area contributed by atoms with Crippen molar-refractivity contribution in [2.75, 3.05) is 5.32 Å². The minimum atomic E-state index is 0.392. The molecule has 0 amide bonds. The van der Waals surface area contributed by atoms with Crippen LogP contribution in [-0.2, 0) is 0 Å². The number of anilines is 1. The molecule has 0 radical (unpaired) electrons. The third kappa shape index (κ3) is 2.09. The molecule has 2 aromatic rings. The second-order valence-electron chi connectivity index (χ2n) is 6.10. The molecule has 2 N–H and O–H groups in total. The third-order valence-corrected chi connectivity index (χ3v) is 4.29. The number of rotatable bonds is 2. The molecule has 3 heteroatoms. The van der Waals surface area contributed by atoms with Gasteiger partial charge in [0, 0.05) is 17.1 Å². The molecular formula is C15H21N3. The minimum absolute atomic E-state index is 0.392. The van der Waals surface area contributed by atoms with E-state index < -0.39 is 0 Å². The number of aromatic nitrogens is 2. The van der Waals surface area contributed by atoms with E-state index in [2.05, 4.69) is 47.6 Å². The maximum absolute atomic E-state index is 4.07. The quantitative estimate of drug-likeness (QED) is 0.838. The molecular weight excluding hydrogens is 222 g/mol. The summed E-state index contributed by atoms with van der Waals surface area (Å²) in [6.45, 7) is 4.75. The van der Waals surface area contributed by atoms with E-state index in [-0.39, 0.29) is 0 Å². The Hall–Kier alpha value is -1.51. The first-order valence-electron chi connectivity index (χ1n) is 6.85. The van der Waals surface area contributed by atoms with Gasteiger partial charge in [0.25, 0.3) is 0 Å². The normalized spacial score (nSPS) is 23.1. The molecule has 0 saturated heterocycles. The zero-order valence-electron chi connectivity index (χ0n) is 11.2. The highest BCUT2D eigenvalue weighted by molar-refractivity contribution is 5.81. The minimum Gasteiger partial charge on any atom is -0.382 e. The van der Waals surface area contributed by atoms with E-state index in [9.17, 15) is 0 Å². The number of hydrogen-bond donors (Lipinski definition) is 2. The highest BCUT2D eigenvalue weighted by atomic mass is 15.1. The zero-order valence-corrected chi connectivity index (χ0v) is 11.2. The number of benzene rings is 1. The molecule has 1 aliphatic carbocycles. The molecule has 3 rings (SSSR count). The fraction of sp³-hybridized carbons (Fsp3) is 0.533. The first kappa shape index (κ1) is 11.6. The molecule has 1 saturated carbocycles. The lowest BCUT2D eigenvalue weighted by Gasteiger charge is -2.39. The van der Waals surface area contributed by atoms with E-state index in [1.165, 1.54) is 36.8 Å². The molecule has 3 nitrogen and oxygen atoms in total. The van der Waals surface area contributed by atoms with Gasteiger partial charge in [-0.15, -0.1) is 0 Å². The zero-order chi connectivity index (χ0) is 12.6. The van der Waals surface area contributed by atoms with Gasteiger partial charge in [-0.05, 0) is 36.5 Å². The number of H-pyrrole nitrogens is 1. The van der Waals surface area contributed by atoms with Crippen LogP contribution in [0.15, 0.2) is 24.4 Å². The molecule has 0 spiro atoms. The fourth-order valence-corrected chi connectivity index (χ4v) is 3.00. The van der Waals surface area contributed by atoms with Gasteiger partial charge in [0.1, 0.15) is 0 Å². The number of nitrogens with zero attached hydrogens (tertiary/aromatic N) is 1. The number of hydrogen-bond acceptors (Lipinski definition) is 2. The van der Waals surface area contributed by atoms with Crippen LogP contribution in [0.25, 0.3) is 10.9 Å². The molecule has 1 aromatic heterocycles. The first-order chi connectivity index (χ1) is 8.65. The van der Waals surface area contributed by atoms with Crippen molar-refractivity contribution in [2.24, 2.45) is 5.41 Å². The van der Waals surface area contributed by atoms with E-state index in [1.54, 1.807) is 0 Å². The van der Waals surface area contributed by atoms with Crippen molar-refractivity contribution in [3.63, 3.8) is 0 Å². The predicted octanol–water partition coefficient (Wildman–Crippen LogP) is 3.94. The molecule has 1 atom stereocenters. The van der Waals surface area contributed by atoms with Crippen LogP contribution in [0, 0.1) is 5.41 Å². The Morgan fingerprint density at radius 1 is 1.33 bits per heavy atom. The van der Waals surface area contributed by atoms with E-state index >= 15 is 0 Å². The lowest BCUT2D eigenvalue weighted by atomic mass is 9.73. The van der Waals surface area contributed by atoms with Crippen molar-refractivity contribution >= 4 is 16.6 Å². The van der Waals surface area contributed by atoms with Gasteiger partial charge in [0.05, 0.1) is 11.7 Å². The maximum Gasteiger partial charge on any atom is 0.0651 e. The van der Waals surface area contributed by atoms with Crippen LogP contribution in [0.5, 0.6) is 0 Å². The Bertz CT molecular complexity index is 541. The van der Waals surface area contributed by atoms with Crippen molar-refractivity contribution in [1.29, 1.82) is 0 Å². The highest BCUT2D eigenvalue weighted by Gasteiger charge is 2.31. The second kappa shape index (κ2) is 4.30. The lowest BCUT2D eigenvalue weighted by molar-refractivity contribution is 0.217. The Morgan fingerprint density at radius 2 is 2.22 bits per heavy atom. The number of fused-ring (bicyclic) bond motifs is 1. The Morgan fingerprint density at radius 3 is 3.06 bits per heavy atom. The smallest absolute Gasteiger partial charge is 0.0651 e. The van der Waals surface area contributed by atoms with Crippen molar-refractivity contribution in [3.05, 3.63) is 24.4 Å². The largest absolute Gasteiger partial charge is 0.382 e. The summed E-state index contributed by atoms with van der Waals surface area (Å²) < 4.78 is 0. The fourth-order valence-electron chi connectivity index (χ4n) is 3.00. The van der Waals surface area contributed by atoms with Crippen molar-refractivity contribution < 1.29 is 0 Å². The highest BCUT2D eigenvalue weighted by Crippen LogP contribution is 2.37. The summed E-state index contributed by atoms with van der Waals surface area (Å²) in [6, 6.07) is 7.01. The number of aromatic amines is 1. The topological polar surface area (TPSA) is 40.7 Å². The van der Waals surface area contributed by atoms with Gasteiger partial charge < -0.3 is 5.32 Å². The van der Waals surface area contributed by atoms with Gasteiger partial charge in [-0.2, -0.15) is 5.10 Å². The van der Waals surface area contributed by atoms with Gasteiger partial charge in [-0.25, -0.2) is 0 Å². The van der Waals surface area contributed by atoms with Crippen LogP contribution in [0.4, 0.5) is 5.69 Å². The Kier molecular flexibility index (Phi) is 2.77. The molecule has 0 bridgehead atoms. The summed E-state index contributed by atoms with van der Waals surface area (Å²) in [7, 11) is 0. The molecule has 1 unspecified atom stereocenters. The van der Waals surface area contributed by atoms with Crippen molar-refractivity contribution in [3.8, 4) is 0 Å². The molecule has 1 aromatic carbocycles. The van der Waals surface area contributed by atoms with Crippen LogP contribution in [0.1, 0.15) is 39.5 Å². The van der Waals surface area contributed by atoms with E-state index in [4.69, 9.17) is 0 Å². The second-order valence-corrected chi connectivity index (χ2v) is 6.10. The monoisotopic (exact) mass is 243 g/mol.